The fraction of sp³-hybridized carbons (Fsp3) is 0.458. The van der Waals surface area contributed by atoms with Crippen LogP contribution >= 0.6 is 0 Å². The van der Waals surface area contributed by atoms with Gasteiger partial charge in [0.1, 0.15) is 5.92 Å². The number of allylic oxidation sites excluding steroid dienone is 3. The largest absolute Gasteiger partial charge is 0.504 e. The van der Waals surface area contributed by atoms with E-state index in [1.807, 2.05) is 13.8 Å². The molecule has 0 spiro atoms. The number of ether oxygens (including phenoxy) is 3. The molecule has 172 valence electrons. The fourth-order valence-corrected chi connectivity index (χ4v) is 4.44. The SMILES string of the molecule is CCCOC(=O)C1=C(C)NC2=C(C(=O)[C@@H](C(=O)OC)[C@H](C)C2)[C@H]1c1ccc(OC)c(O)c1. The Morgan fingerprint density at radius 1 is 1.25 bits per heavy atom. The molecule has 0 radical (unpaired) electrons. The maximum atomic E-state index is 13.6. The molecule has 0 amide bonds. The summed E-state index contributed by atoms with van der Waals surface area (Å²) >= 11 is 0. The van der Waals surface area contributed by atoms with Crippen LogP contribution in [0.2, 0.25) is 0 Å². The van der Waals surface area contributed by atoms with Crippen molar-refractivity contribution >= 4 is 17.7 Å². The molecule has 1 heterocycles. The van der Waals surface area contributed by atoms with Gasteiger partial charge in [-0.1, -0.05) is 19.9 Å². The van der Waals surface area contributed by atoms with Gasteiger partial charge >= 0.3 is 11.9 Å². The number of esters is 2. The number of phenolic OH excluding ortho intramolecular Hbond substituents is 1. The first kappa shape index (κ1) is 23.4. The molecule has 0 bridgehead atoms. The number of rotatable bonds is 6. The van der Waals surface area contributed by atoms with Crippen molar-refractivity contribution in [1.29, 1.82) is 0 Å². The van der Waals surface area contributed by atoms with Crippen LogP contribution in [0.15, 0.2) is 40.7 Å². The number of carbonyl (C=O) groups is 3. The molecule has 1 aliphatic heterocycles. The van der Waals surface area contributed by atoms with Gasteiger partial charge in [-0.25, -0.2) is 4.79 Å². The Bertz CT molecular complexity index is 1010. The lowest BCUT2D eigenvalue weighted by atomic mass is 9.69. The summed E-state index contributed by atoms with van der Waals surface area (Å²) in [7, 11) is 2.69. The number of Topliss-reactive ketones (excluding diaryl/α,β-unsaturated/α-hetero) is 1. The van der Waals surface area contributed by atoms with Crippen molar-refractivity contribution in [2.45, 2.75) is 39.5 Å². The van der Waals surface area contributed by atoms with Crippen LogP contribution in [-0.4, -0.2) is 43.7 Å². The summed E-state index contributed by atoms with van der Waals surface area (Å²) in [6.45, 7) is 5.70. The number of ketones is 1. The van der Waals surface area contributed by atoms with E-state index in [0.717, 1.165) is 0 Å². The lowest BCUT2D eigenvalue weighted by molar-refractivity contribution is -0.151. The van der Waals surface area contributed by atoms with Crippen molar-refractivity contribution in [3.63, 3.8) is 0 Å². The molecule has 1 aromatic carbocycles. The molecule has 2 N–H and O–H groups in total. The minimum absolute atomic E-state index is 0.120. The average Bonchev–Trinajstić information content (AvgIpc) is 2.76. The van der Waals surface area contributed by atoms with E-state index in [1.54, 1.807) is 19.1 Å². The number of nitrogens with one attached hydrogen (secondary N) is 1. The van der Waals surface area contributed by atoms with Gasteiger partial charge in [0.2, 0.25) is 0 Å². The van der Waals surface area contributed by atoms with Crippen LogP contribution in [0, 0.1) is 11.8 Å². The van der Waals surface area contributed by atoms with Crippen molar-refractivity contribution in [3.8, 4) is 11.5 Å². The molecule has 0 saturated carbocycles. The van der Waals surface area contributed by atoms with Gasteiger partial charge in [0.15, 0.2) is 17.3 Å². The van der Waals surface area contributed by atoms with Gasteiger partial charge in [0.05, 0.1) is 26.4 Å². The van der Waals surface area contributed by atoms with E-state index in [4.69, 9.17) is 14.2 Å². The summed E-state index contributed by atoms with van der Waals surface area (Å²) in [5.41, 5.74) is 2.34. The van der Waals surface area contributed by atoms with E-state index in [1.165, 1.54) is 20.3 Å². The standard InChI is InChI=1S/C24H29NO7/c1-6-9-32-24(29)19-13(3)25-15-10-12(2)18(23(28)31-5)22(27)21(15)20(19)14-7-8-17(30-4)16(26)11-14/h7-8,11-12,18,20,25-26H,6,9-10H2,1-5H3/t12-,18+,20+/m1/s1. The maximum absolute atomic E-state index is 13.6. The fourth-order valence-electron chi connectivity index (χ4n) is 4.44. The number of hydrogen-bond acceptors (Lipinski definition) is 8. The molecule has 3 atom stereocenters. The Labute approximate surface area is 187 Å². The maximum Gasteiger partial charge on any atom is 0.336 e. The molecular formula is C24H29NO7. The number of dihydropyridines is 1. The normalized spacial score (nSPS) is 22.8. The number of benzene rings is 1. The lowest BCUT2D eigenvalue weighted by Crippen LogP contribution is -2.43. The van der Waals surface area contributed by atoms with Crippen LogP contribution in [0.25, 0.3) is 0 Å². The molecule has 2 aliphatic rings. The molecule has 0 aromatic heterocycles. The summed E-state index contributed by atoms with van der Waals surface area (Å²) in [5.74, 6) is -3.45. The molecule has 0 saturated heterocycles. The highest BCUT2D eigenvalue weighted by atomic mass is 16.5. The van der Waals surface area contributed by atoms with Crippen LogP contribution < -0.4 is 10.1 Å². The molecule has 0 fully saturated rings. The molecule has 1 aliphatic carbocycles. The van der Waals surface area contributed by atoms with Gasteiger partial charge in [-0.15, -0.1) is 0 Å². The van der Waals surface area contributed by atoms with Crippen molar-refractivity contribution in [3.05, 3.63) is 46.3 Å². The smallest absolute Gasteiger partial charge is 0.336 e. The summed E-state index contributed by atoms with van der Waals surface area (Å²) in [5, 5.41) is 13.6. The first-order valence-corrected chi connectivity index (χ1v) is 10.6. The molecular weight excluding hydrogens is 414 g/mol. The molecule has 1 aromatic rings. The zero-order valence-electron chi connectivity index (χ0n) is 19.0. The predicted molar refractivity (Wildman–Crippen MR) is 116 cm³/mol. The zero-order chi connectivity index (χ0) is 23.6. The Morgan fingerprint density at radius 3 is 2.56 bits per heavy atom. The monoisotopic (exact) mass is 443 g/mol. The average molecular weight is 443 g/mol. The van der Waals surface area contributed by atoms with Gasteiger partial charge in [-0.2, -0.15) is 0 Å². The van der Waals surface area contributed by atoms with Crippen LogP contribution in [-0.2, 0) is 23.9 Å². The van der Waals surface area contributed by atoms with Gasteiger partial charge in [0.25, 0.3) is 0 Å². The highest BCUT2D eigenvalue weighted by Gasteiger charge is 2.47. The highest BCUT2D eigenvalue weighted by Crippen LogP contribution is 2.46. The molecule has 8 nitrogen and oxygen atoms in total. The second kappa shape index (κ2) is 9.46. The van der Waals surface area contributed by atoms with Crippen molar-refractivity contribution < 1.29 is 33.7 Å². The summed E-state index contributed by atoms with van der Waals surface area (Å²) in [6, 6.07) is 4.74. The second-order valence-electron chi connectivity index (χ2n) is 8.10. The van der Waals surface area contributed by atoms with Crippen molar-refractivity contribution in [2.75, 3.05) is 20.8 Å². The van der Waals surface area contributed by atoms with Gasteiger partial charge in [0, 0.05) is 22.9 Å². The van der Waals surface area contributed by atoms with Gasteiger partial charge in [-0.05, 0) is 43.4 Å². The topological polar surface area (TPSA) is 111 Å². The van der Waals surface area contributed by atoms with E-state index >= 15 is 0 Å². The van der Waals surface area contributed by atoms with E-state index in [2.05, 4.69) is 5.32 Å². The van der Waals surface area contributed by atoms with E-state index in [9.17, 15) is 19.5 Å². The molecule has 3 rings (SSSR count). The Kier molecular flexibility index (Phi) is 6.91. The number of aromatic hydroxyl groups is 1. The Hall–Kier alpha value is -3.29. The molecule has 0 unspecified atom stereocenters. The summed E-state index contributed by atoms with van der Waals surface area (Å²) in [6.07, 6.45) is 1.09. The highest BCUT2D eigenvalue weighted by molar-refractivity contribution is 6.12. The van der Waals surface area contributed by atoms with Crippen molar-refractivity contribution in [1.82, 2.24) is 5.32 Å². The van der Waals surface area contributed by atoms with Crippen LogP contribution in [0.5, 0.6) is 11.5 Å². The van der Waals surface area contributed by atoms with Crippen LogP contribution in [0.4, 0.5) is 0 Å². The second-order valence-corrected chi connectivity index (χ2v) is 8.10. The number of phenols is 1. The van der Waals surface area contributed by atoms with E-state index in [-0.39, 0.29) is 29.6 Å². The number of carbonyl (C=O) groups excluding carboxylic acids is 3. The first-order chi connectivity index (χ1) is 15.2. The first-order valence-electron chi connectivity index (χ1n) is 10.6. The Morgan fingerprint density at radius 2 is 1.97 bits per heavy atom. The van der Waals surface area contributed by atoms with E-state index < -0.39 is 29.6 Å². The van der Waals surface area contributed by atoms with Crippen LogP contribution in [0.3, 0.4) is 0 Å². The molecule has 32 heavy (non-hydrogen) atoms. The van der Waals surface area contributed by atoms with Gasteiger partial charge < -0.3 is 24.6 Å². The third-order valence-corrected chi connectivity index (χ3v) is 5.94. The van der Waals surface area contributed by atoms with E-state index in [0.29, 0.717) is 35.4 Å². The zero-order valence-corrected chi connectivity index (χ0v) is 19.0. The van der Waals surface area contributed by atoms with Gasteiger partial charge in [-0.3, -0.25) is 9.59 Å². The lowest BCUT2D eigenvalue weighted by Gasteiger charge is -2.38. The quantitative estimate of drug-likeness (QED) is 0.510. The number of hydrogen-bond donors (Lipinski definition) is 2. The minimum Gasteiger partial charge on any atom is -0.504 e. The Balaban J connectivity index is 2.18. The third kappa shape index (κ3) is 4.09. The summed E-state index contributed by atoms with van der Waals surface area (Å²) < 4.78 is 15.4. The van der Waals surface area contributed by atoms with Crippen molar-refractivity contribution in [2.24, 2.45) is 11.8 Å². The number of methoxy groups -OCH3 is 2. The molecule has 8 heteroatoms. The van der Waals surface area contributed by atoms with Crippen LogP contribution in [0.1, 0.15) is 45.1 Å². The summed E-state index contributed by atoms with van der Waals surface area (Å²) in [4.78, 5) is 39.1. The minimum atomic E-state index is -0.971. The third-order valence-electron chi connectivity index (χ3n) is 5.94. The predicted octanol–water partition coefficient (Wildman–Crippen LogP) is 2.97.